The van der Waals surface area contributed by atoms with E-state index in [0.717, 1.165) is 11.4 Å². The fourth-order valence-corrected chi connectivity index (χ4v) is 1.81. The van der Waals surface area contributed by atoms with E-state index < -0.39 is 0 Å². The van der Waals surface area contributed by atoms with E-state index in [-0.39, 0.29) is 0 Å². The predicted octanol–water partition coefficient (Wildman–Crippen LogP) is 1.27. The summed E-state index contributed by atoms with van der Waals surface area (Å²) in [5, 5.41) is 9.03. The molecule has 2 aromatic rings. The first-order valence-electron chi connectivity index (χ1n) is 5.55. The van der Waals surface area contributed by atoms with Gasteiger partial charge < -0.3 is 15.0 Å². The third-order valence-corrected chi connectivity index (χ3v) is 2.72. The summed E-state index contributed by atoms with van der Waals surface area (Å²) in [6, 6.07) is 7.67. The molecule has 2 rings (SSSR count). The van der Waals surface area contributed by atoms with Crippen LogP contribution in [0.4, 0.5) is 0 Å². The van der Waals surface area contributed by atoms with Crippen LogP contribution in [-0.4, -0.2) is 16.7 Å². The van der Waals surface area contributed by atoms with Gasteiger partial charge in [0, 0.05) is 18.9 Å². The predicted molar refractivity (Wildman–Crippen MR) is 66.9 cm³/mol. The number of ether oxygens (including phenoxy) is 1. The third kappa shape index (κ3) is 2.34. The lowest BCUT2D eigenvalue weighted by Gasteiger charge is -2.08. The second-order valence-corrected chi connectivity index (χ2v) is 3.82. The van der Waals surface area contributed by atoms with Crippen LogP contribution in [0.5, 0.6) is 5.75 Å². The van der Waals surface area contributed by atoms with Crippen LogP contribution in [0.15, 0.2) is 30.6 Å². The lowest BCUT2D eigenvalue weighted by molar-refractivity contribution is 0.413. The van der Waals surface area contributed by atoms with E-state index >= 15 is 0 Å². The van der Waals surface area contributed by atoms with Gasteiger partial charge in [0.2, 0.25) is 0 Å². The van der Waals surface area contributed by atoms with E-state index in [1.807, 2.05) is 22.9 Å². The molecule has 5 nitrogen and oxygen atoms in total. The minimum atomic E-state index is 0.397. The van der Waals surface area contributed by atoms with Crippen molar-refractivity contribution in [2.45, 2.75) is 13.1 Å². The Bertz CT molecular complexity index is 583. The molecule has 0 aliphatic heterocycles. The number of aromatic nitrogens is 2. The number of nitriles is 1. The largest absolute Gasteiger partial charge is 0.495 e. The fourth-order valence-electron chi connectivity index (χ4n) is 1.81. The smallest absolute Gasteiger partial charge is 0.136 e. The van der Waals surface area contributed by atoms with Crippen LogP contribution in [0.2, 0.25) is 0 Å². The first-order valence-corrected chi connectivity index (χ1v) is 5.55. The van der Waals surface area contributed by atoms with Crippen molar-refractivity contribution in [3.63, 3.8) is 0 Å². The highest BCUT2D eigenvalue weighted by molar-refractivity contribution is 5.45. The minimum absolute atomic E-state index is 0.397. The molecule has 0 saturated carbocycles. The van der Waals surface area contributed by atoms with Gasteiger partial charge in [-0.3, -0.25) is 0 Å². The van der Waals surface area contributed by atoms with E-state index in [1.54, 1.807) is 19.4 Å². The van der Waals surface area contributed by atoms with Crippen molar-refractivity contribution in [3.05, 3.63) is 47.5 Å². The van der Waals surface area contributed by atoms with Crippen LogP contribution in [-0.2, 0) is 13.1 Å². The number of rotatable bonds is 4. The normalized spacial score (nSPS) is 10.1. The SMILES string of the molecule is COc1ccc(Cn2ccnc2CN)cc1C#N. The summed E-state index contributed by atoms with van der Waals surface area (Å²) in [5.74, 6) is 1.41. The zero-order valence-corrected chi connectivity index (χ0v) is 10.1. The van der Waals surface area contributed by atoms with Crippen LogP contribution in [0.1, 0.15) is 17.0 Å². The van der Waals surface area contributed by atoms with Crippen LogP contribution in [0, 0.1) is 11.3 Å². The highest BCUT2D eigenvalue weighted by atomic mass is 16.5. The van der Waals surface area contributed by atoms with Gasteiger partial charge in [0.1, 0.15) is 17.6 Å². The monoisotopic (exact) mass is 242 g/mol. The lowest BCUT2D eigenvalue weighted by Crippen LogP contribution is -2.09. The second-order valence-electron chi connectivity index (χ2n) is 3.82. The standard InChI is InChI=1S/C13H14N4O/c1-18-12-3-2-10(6-11(12)7-14)9-17-5-4-16-13(17)8-15/h2-6H,8-9,15H2,1H3. The second kappa shape index (κ2) is 5.34. The summed E-state index contributed by atoms with van der Waals surface area (Å²) in [6.45, 7) is 1.04. The quantitative estimate of drug-likeness (QED) is 0.875. The fraction of sp³-hybridized carbons (Fsp3) is 0.231. The summed E-state index contributed by atoms with van der Waals surface area (Å²) in [4.78, 5) is 4.16. The van der Waals surface area contributed by atoms with Crippen molar-refractivity contribution in [2.75, 3.05) is 7.11 Å². The summed E-state index contributed by atoms with van der Waals surface area (Å²) < 4.78 is 7.07. The number of nitrogens with zero attached hydrogens (tertiary/aromatic N) is 3. The van der Waals surface area contributed by atoms with Crippen molar-refractivity contribution in [3.8, 4) is 11.8 Å². The van der Waals surface area contributed by atoms with Crippen LogP contribution < -0.4 is 10.5 Å². The van der Waals surface area contributed by atoms with Gasteiger partial charge in [0.15, 0.2) is 0 Å². The summed E-state index contributed by atoms with van der Waals surface area (Å²) in [6.07, 6.45) is 3.59. The van der Waals surface area contributed by atoms with Gasteiger partial charge in [-0.1, -0.05) is 6.07 Å². The van der Waals surface area contributed by atoms with E-state index in [0.29, 0.717) is 24.4 Å². The van der Waals surface area contributed by atoms with Gasteiger partial charge in [-0.15, -0.1) is 0 Å². The van der Waals surface area contributed by atoms with E-state index in [2.05, 4.69) is 11.1 Å². The van der Waals surface area contributed by atoms with Gasteiger partial charge in [-0.05, 0) is 17.7 Å². The maximum absolute atomic E-state index is 9.03. The molecular weight excluding hydrogens is 228 g/mol. The summed E-state index contributed by atoms with van der Waals surface area (Å²) in [7, 11) is 1.55. The zero-order chi connectivity index (χ0) is 13.0. The Morgan fingerprint density at radius 1 is 1.50 bits per heavy atom. The topological polar surface area (TPSA) is 76.9 Å². The average Bonchev–Trinajstić information content (AvgIpc) is 2.85. The molecule has 18 heavy (non-hydrogen) atoms. The molecule has 92 valence electrons. The molecule has 1 heterocycles. The van der Waals surface area contributed by atoms with Crippen LogP contribution in [0.25, 0.3) is 0 Å². The van der Waals surface area contributed by atoms with Crippen molar-refractivity contribution >= 4 is 0 Å². The molecule has 0 amide bonds. The summed E-state index contributed by atoms with van der Waals surface area (Å²) >= 11 is 0. The molecule has 0 fully saturated rings. The van der Waals surface area contributed by atoms with Crippen LogP contribution >= 0.6 is 0 Å². The number of hydrogen-bond donors (Lipinski definition) is 1. The Morgan fingerprint density at radius 3 is 3.00 bits per heavy atom. The molecule has 0 atom stereocenters. The van der Waals surface area contributed by atoms with Gasteiger partial charge in [-0.25, -0.2) is 4.98 Å². The number of methoxy groups -OCH3 is 1. The van der Waals surface area contributed by atoms with Crippen molar-refractivity contribution in [2.24, 2.45) is 5.73 Å². The highest BCUT2D eigenvalue weighted by Crippen LogP contribution is 2.19. The molecule has 0 bridgehead atoms. The Labute approximate surface area is 105 Å². The molecule has 1 aromatic heterocycles. The minimum Gasteiger partial charge on any atom is -0.495 e. The Kier molecular flexibility index (Phi) is 3.60. The van der Waals surface area contributed by atoms with Gasteiger partial charge in [-0.2, -0.15) is 5.26 Å². The molecule has 5 heteroatoms. The molecule has 0 radical (unpaired) electrons. The van der Waals surface area contributed by atoms with Gasteiger partial charge in [0.25, 0.3) is 0 Å². The molecule has 0 aliphatic carbocycles. The molecule has 0 aliphatic rings. The maximum atomic E-state index is 9.03. The van der Waals surface area contributed by atoms with Gasteiger partial charge in [0.05, 0.1) is 19.2 Å². The van der Waals surface area contributed by atoms with Crippen molar-refractivity contribution in [1.82, 2.24) is 9.55 Å². The highest BCUT2D eigenvalue weighted by Gasteiger charge is 2.06. The molecule has 0 saturated heterocycles. The molecular formula is C13H14N4O. The van der Waals surface area contributed by atoms with Crippen LogP contribution in [0.3, 0.4) is 0 Å². The number of benzene rings is 1. The Balaban J connectivity index is 2.28. The first-order chi connectivity index (χ1) is 8.78. The van der Waals surface area contributed by atoms with Crippen molar-refractivity contribution < 1.29 is 4.74 Å². The zero-order valence-electron chi connectivity index (χ0n) is 10.1. The maximum Gasteiger partial charge on any atom is 0.136 e. The Hall–Kier alpha value is -2.32. The average molecular weight is 242 g/mol. The molecule has 1 aromatic carbocycles. The van der Waals surface area contributed by atoms with E-state index in [9.17, 15) is 0 Å². The number of imidazole rings is 1. The van der Waals surface area contributed by atoms with Crippen molar-refractivity contribution in [1.29, 1.82) is 5.26 Å². The molecule has 0 spiro atoms. The van der Waals surface area contributed by atoms with E-state index in [1.165, 1.54) is 0 Å². The Morgan fingerprint density at radius 2 is 2.33 bits per heavy atom. The first kappa shape index (κ1) is 12.1. The number of nitrogens with two attached hydrogens (primary N) is 1. The third-order valence-electron chi connectivity index (χ3n) is 2.72. The number of hydrogen-bond acceptors (Lipinski definition) is 4. The van der Waals surface area contributed by atoms with Gasteiger partial charge >= 0.3 is 0 Å². The van der Waals surface area contributed by atoms with E-state index in [4.69, 9.17) is 15.7 Å². The lowest BCUT2D eigenvalue weighted by atomic mass is 10.1. The molecule has 2 N–H and O–H groups in total. The molecule has 0 unspecified atom stereocenters. The summed E-state index contributed by atoms with van der Waals surface area (Å²) in [5.41, 5.74) is 7.14.